The molecule has 0 unspecified atom stereocenters. The third-order valence-electron chi connectivity index (χ3n) is 5.25. The SMILES string of the molecule is COc1ccc2sc(N(CCCN3CCOCC3)C(=O)COc3ccc(F)cc3)nc2c1. The number of thiazole rings is 1. The highest BCUT2D eigenvalue weighted by Crippen LogP contribution is 2.31. The van der Waals surface area contributed by atoms with E-state index in [-0.39, 0.29) is 18.3 Å². The van der Waals surface area contributed by atoms with Gasteiger partial charge in [-0.25, -0.2) is 9.37 Å². The highest BCUT2D eigenvalue weighted by Gasteiger charge is 2.21. The zero-order chi connectivity index (χ0) is 22.3. The van der Waals surface area contributed by atoms with Crippen molar-refractivity contribution < 1.29 is 23.4 Å². The van der Waals surface area contributed by atoms with Gasteiger partial charge in [0.1, 0.15) is 17.3 Å². The minimum atomic E-state index is -0.349. The number of ether oxygens (including phenoxy) is 3. The molecule has 1 saturated heterocycles. The van der Waals surface area contributed by atoms with Gasteiger partial charge >= 0.3 is 0 Å². The molecule has 2 aromatic carbocycles. The van der Waals surface area contributed by atoms with E-state index in [4.69, 9.17) is 14.2 Å². The van der Waals surface area contributed by atoms with Crippen LogP contribution < -0.4 is 14.4 Å². The van der Waals surface area contributed by atoms with Crippen LogP contribution in [0.3, 0.4) is 0 Å². The predicted molar refractivity (Wildman–Crippen MR) is 122 cm³/mol. The number of carbonyl (C=O) groups excluding carboxylic acids is 1. The van der Waals surface area contributed by atoms with E-state index >= 15 is 0 Å². The van der Waals surface area contributed by atoms with Crippen LogP contribution in [0, 0.1) is 5.82 Å². The molecule has 1 amide bonds. The quantitative estimate of drug-likeness (QED) is 0.488. The Balaban J connectivity index is 1.47. The number of fused-ring (bicyclic) bond motifs is 1. The van der Waals surface area contributed by atoms with E-state index in [1.54, 1.807) is 12.0 Å². The average molecular weight is 460 g/mol. The van der Waals surface area contributed by atoms with Gasteiger partial charge < -0.3 is 14.2 Å². The second-order valence-corrected chi connectivity index (χ2v) is 8.43. The zero-order valence-electron chi connectivity index (χ0n) is 18.0. The molecule has 0 aliphatic carbocycles. The standard InChI is InChI=1S/C23H26FN3O4S/c1-29-19-7-8-21-20(15-19)25-23(32-21)27(10-2-9-26-11-13-30-14-12-26)22(28)16-31-18-5-3-17(24)4-6-18/h3-8,15H,2,9-14,16H2,1H3. The van der Waals surface area contributed by atoms with Gasteiger partial charge in [-0.2, -0.15) is 0 Å². The molecule has 0 spiro atoms. The summed E-state index contributed by atoms with van der Waals surface area (Å²) in [5.74, 6) is 0.627. The summed E-state index contributed by atoms with van der Waals surface area (Å²) in [4.78, 5) is 21.8. The fourth-order valence-electron chi connectivity index (χ4n) is 3.50. The predicted octanol–water partition coefficient (Wildman–Crippen LogP) is 3.58. The van der Waals surface area contributed by atoms with Crippen LogP contribution in [0.15, 0.2) is 42.5 Å². The van der Waals surface area contributed by atoms with Gasteiger partial charge in [0.15, 0.2) is 11.7 Å². The number of methoxy groups -OCH3 is 1. The molecule has 1 aliphatic rings. The van der Waals surface area contributed by atoms with E-state index in [0.717, 1.165) is 55.2 Å². The third kappa shape index (κ3) is 5.73. The molecule has 0 saturated carbocycles. The normalized spacial score (nSPS) is 14.4. The molecule has 3 aromatic rings. The summed E-state index contributed by atoms with van der Waals surface area (Å²) in [5, 5.41) is 0.628. The molecule has 1 aliphatic heterocycles. The Bertz CT molecular complexity index is 1040. The lowest BCUT2D eigenvalue weighted by Gasteiger charge is -2.27. The van der Waals surface area contributed by atoms with Crippen LogP contribution in [-0.4, -0.2) is 68.9 Å². The van der Waals surface area contributed by atoms with Gasteiger partial charge in [-0.3, -0.25) is 14.6 Å². The maximum absolute atomic E-state index is 13.1. The maximum Gasteiger partial charge on any atom is 0.266 e. The number of aromatic nitrogens is 1. The van der Waals surface area contributed by atoms with Crippen LogP contribution >= 0.6 is 11.3 Å². The van der Waals surface area contributed by atoms with Crippen molar-refractivity contribution in [2.45, 2.75) is 6.42 Å². The summed E-state index contributed by atoms with van der Waals surface area (Å²) in [6.07, 6.45) is 0.807. The van der Waals surface area contributed by atoms with Crippen molar-refractivity contribution in [1.29, 1.82) is 0 Å². The van der Waals surface area contributed by atoms with Gasteiger partial charge in [-0.05, 0) is 42.8 Å². The van der Waals surface area contributed by atoms with Crippen molar-refractivity contribution in [2.75, 3.05) is 58.0 Å². The highest BCUT2D eigenvalue weighted by atomic mass is 32.1. The molecular formula is C23H26FN3O4S. The van der Waals surface area contributed by atoms with Crippen molar-refractivity contribution in [1.82, 2.24) is 9.88 Å². The van der Waals surface area contributed by atoms with Crippen LogP contribution in [0.5, 0.6) is 11.5 Å². The van der Waals surface area contributed by atoms with Gasteiger partial charge in [-0.1, -0.05) is 11.3 Å². The molecule has 2 heterocycles. The molecule has 0 N–H and O–H groups in total. The first-order valence-electron chi connectivity index (χ1n) is 10.6. The zero-order valence-corrected chi connectivity index (χ0v) is 18.8. The molecule has 9 heteroatoms. The number of hydrogen-bond donors (Lipinski definition) is 0. The fourth-order valence-corrected chi connectivity index (χ4v) is 4.48. The number of amides is 1. The number of nitrogens with zero attached hydrogens (tertiary/aromatic N) is 3. The Hall–Kier alpha value is -2.75. The molecule has 4 rings (SSSR count). The second kappa shape index (κ2) is 10.7. The summed E-state index contributed by atoms with van der Waals surface area (Å²) in [6, 6.07) is 11.3. The minimum Gasteiger partial charge on any atom is -0.497 e. The van der Waals surface area contributed by atoms with E-state index in [2.05, 4.69) is 9.88 Å². The number of hydrogen-bond acceptors (Lipinski definition) is 7. The summed E-state index contributed by atoms with van der Waals surface area (Å²) < 4.78 is 30.4. The summed E-state index contributed by atoms with van der Waals surface area (Å²) in [7, 11) is 1.61. The summed E-state index contributed by atoms with van der Waals surface area (Å²) in [5.41, 5.74) is 0.787. The van der Waals surface area contributed by atoms with Crippen molar-refractivity contribution in [2.24, 2.45) is 0 Å². The first-order chi connectivity index (χ1) is 15.6. The lowest BCUT2D eigenvalue weighted by atomic mass is 10.3. The topological polar surface area (TPSA) is 64.1 Å². The number of rotatable bonds is 9. The summed E-state index contributed by atoms with van der Waals surface area (Å²) in [6.45, 7) is 4.56. The number of morpholine rings is 1. The van der Waals surface area contributed by atoms with Crippen LogP contribution in [0.4, 0.5) is 9.52 Å². The van der Waals surface area contributed by atoms with E-state index in [1.807, 2.05) is 18.2 Å². The van der Waals surface area contributed by atoms with Crippen molar-refractivity contribution in [3.63, 3.8) is 0 Å². The van der Waals surface area contributed by atoms with E-state index in [1.165, 1.54) is 35.6 Å². The molecule has 0 radical (unpaired) electrons. The second-order valence-electron chi connectivity index (χ2n) is 7.43. The average Bonchev–Trinajstić information content (AvgIpc) is 3.24. The molecule has 32 heavy (non-hydrogen) atoms. The molecule has 0 bridgehead atoms. The van der Waals surface area contributed by atoms with Crippen LogP contribution in [0.25, 0.3) is 10.2 Å². The largest absolute Gasteiger partial charge is 0.497 e. The van der Waals surface area contributed by atoms with Crippen LogP contribution in [-0.2, 0) is 9.53 Å². The van der Waals surface area contributed by atoms with E-state index in [0.29, 0.717) is 17.4 Å². The highest BCUT2D eigenvalue weighted by molar-refractivity contribution is 7.22. The van der Waals surface area contributed by atoms with E-state index < -0.39 is 0 Å². The molecular weight excluding hydrogens is 433 g/mol. The Kier molecular flexibility index (Phi) is 7.51. The van der Waals surface area contributed by atoms with Gasteiger partial charge in [0.2, 0.25) is 0 Å². The first-order valence-corrected chi connectivity index (χ1v) is 11.4. The fraction of sp³-hybridized carbons (Fsp3) is 0.391. The summed E-state index contributed by atoms with van der Waals surface area (Å²) >= 11 is 1.46. The molecule has 1 fully saturated rings. The monoisotopic (exact) mass is 459 g/mol. The number of anilines is 1. The maximum atomic E-state index is 13.1. The van der Waals surface area contributed by atoms with Gasteiger partial charge in [-0.15, -0.1) is 0 Å². The Morgan fingerprint density at radius 3 is 2.69 bits per heavy atom. The smallest absolute Gasteiger partial charge is 0.266 e. The Morgan fingerprint density at radius 1 is 1.19 bits per heavy atom. The Morgan fingerprint density at radius 2 is 1.94 bits per heavy atom. The van der Waals surface area contributed by atoms with Crippen LogP contribution in [0.1, 0.15) is 6.42 Å². The lowest BCUT2D eigenvalue weighted by Crippen LogP contribution is -2.40. The molecule has 170 valence electrons. The van der Waals surface area contributed by atoms with Gasteiger partial charge in [0.05, 0.1) is 30.5 Å². The first kappa shape index (κ1) is 22.4. The Labute approximate surface area is 190 Å². The number of carbonyl (C=O) groups is 1. The third-order valence-corrected chi connectivity index (χ3v) is 6.31. The van der Waals surface area contributed by atoms with Crippen molar-refractivity contribution >= 4 is 32.6 Å². The van der Waals surface area contributed by atoms with E-state index in [9.17, 15) is 9.18 Å². The van der Waals surface area contributed by atoms with Crippen LogP contribution in [0.2, 0.25) is 0 Å². The number of benzene rings is 2. The number of halogens is 1. The van der Waals surface area contributed by atoms with Gasteiger partial charge in [0.25, 0.3) is 5.91 Å². The molecule has 0 atom stereocenters. The minimum absolute atomic E-state index is 0.150. The van der Waals surface area contributed by atoms with Crippen molar-refractivity contribution in [3.8, 4) is 11.5 Å². The van der Waals surface area contributed by atoms with Crippen molar-refractivity contribution in [3.05, 3.63) is 48.3 Å². The molecule has 1 aromatic heterocycles. The molecule has 7 nitrogen and oxygen atoms in total. The van der Waals surface area contributed by atoms with Gasteiger partial charge in [0, 0.05) is 32.2 Å². The lowest BCUT2D eigenvalue weighted by molar-refractivity contribution is -0.120.